The summed E-state index contributed by atoms with van der Waals surface area (Å²) in [5.41, 5.74) is 0.430. The van der Waals surface area contributed by atoms with Crippen molar-refractivity contribution in [1.29, 1.82) is 0 Å². The van der Waals surface area contributed by atoms with Gasteiger partial charge in [-0.1, -0.05) is 58.7 Å². The van der Waals surface area contributed by atoms with Gasteiger partial charge in [0.05, 0.1) is 26.5 Å². The first-order chi connectivity index (χ1) is 14.9. The van der Waals surface area contributed by atoms with Crippen LogP contribution in [0, 0.1) is 5.82 Å². The summed E-state index contributed by atoms with van der Waals surface area (Å²) in [6, 6.07) is 9.06. The predicted octanol–water partition coefficient (Wildman–Crippen LogP) is 5.87. The Bertz CT molecular complexity index is 1110. The van der Waals surface area contributed by atoms with Crippen LogP contribution in [0.15, 0.2) is 54.2 Å². The number of allylic oxidation sites excluding steroid dienone is 1. The fourth-order valence-electron chi connectivity index (χ4n) is 2.48. The summed E-state index contributed by atoms with van der Waals surface area (Å²) < 4.78 is 20.7. The van der Waals surface area contributed by atoms with Crippen molar-refractivity contribution >= 4 is 58.2 Å². The van der Waals surface area contributed by atoms with E-state index in [0.29, 0.717) is 34.0 Å². The van der Waals surface area contributed by atoms with Crippen molar-refractivity contribution < 1.29 is 13.9 Å². The summed E-state index contributed by atoms with van der Waals surface area (Å²) in [4.78, 5) is 12.3. The number of benzene rings is 2. The Balaban J connectivity index is 1.64. The average Bonchev–Trinajstić information content (AvgIpc) is 3.13. The Labute approximate surface area is 197 Å². The van der Waals surface area contributed by atoms with Crippen molar-refractivity contribution in [1.82, 2.24) is 14.8 Å². The summed E-state index contributed by atoms with van der Waals surface area (Å²) in [6.07, 6.45) is 1.68. The quantitative estimate of drug-likeness (QED) is 0.293. The maximum absolute atomic E-state index is 13.3. The van der Waals surface area contributed by atoms with E-state index in [1.807, 2.05) is 0 Å². The first kappa shape index (κ1) is 23.4. The van der Waals surface area contributed by atoms with E-state index in [0.717, 1.165) is 0 Å². The van der Waals surface area contributed by atoms with Crippen LogP contribution >= 0.6 is 46.6 Å². The van der Waals surface area contributed by atoms with Gasteiger partial charge in [-0.25, -0.2) is 4.39 Å². The minimum absolute atomic E-state index is 0.0351. The molecule has 0 aliphatic heterocycles. The molecule has 0 unspecified atom stereocenters. The van der Waals surface area contributed by atoms with Crippen LogP contribution < -0.4 is 10.1 Å². The zero-order valence-corrected chi connectivity index (χ0v) is 19.0. The third kappa shape index (κ3) is 6.13. The van der Waals surface area contributed by atoms with Gasteiger partial charge in [0.1, 0.15) is 18.2 Å². The number of thioether (sulfide) groups is 1. The molecule has 1 aromatic heterocycles. The van der Waals surface area contributed by atoms with E-state index in [1.165, 1.54) is 30.0 Å². The molecule has 1 heterocycles. The molecule has 0 radical (unpaired) electrons. The Hall–Kier alpha value is -2.26. The standard InChI is InChI=1S/C20H16Cl3FN4O2S/c1-2-8-28-17(10-30-12-6-7-15(24)14(22)9-12)26-27-20(28)31-11-18(29)25-16-5-3-4-13(21)19(16)23/h2-7,9H,1,8,10-11H2,(H,25,29). The molecule has 3 aromatic rings. The largest absolute Gasteiger partial charge is 0.486 e. The molecule has 11 heteroatoms. The number of anilines is 1. The van der Waals surface area contributed by atoms with Gasteiger partial charge in [-0.3, -0.25) is 9.36 Å². The lowest BCUT2D eigenvalue weighted by molar-refractivity contribution is -0.113. The van der Waals surface area contributed by atoms with Gasteiger partial charge in [-0.05, 0) is 24.3 Å². The van der Waals surface area contributed by atoms with Gasteiger partial charge in [-0.15, -0.1) is 16.8 Å². The summed E-state index contributed by atoms with van der Waals surface area (Å²) in [7, 11) is 0. The maximum Gasteiger partial charge on any atom is 0.234 e. The first-order valence-electron chi connectivity index (χ1n) is 8.86. The van der Waals surface area contributed by atoms with Gasteiger partial charge < -0.3 is 10.1 Å². The highest BCUT2D eigenvalue weighted by molar-refractivity contribution is 7.99. The maximum atomic E-state index is 13.3. The molecule has 0 saturated carbocycles. The molecule has 1 N–H and O–H groups in total. The highest BCUT2D eigenvalue weighted by Crippen LogP contribution is 2.30. The lowest BCUT2D eigenvalue weighted by atomic mass is 10.3. The van der Waals surface area contributed by atoms with E-state index < -0.39 is 5.82 Å². The second-order valence-corrected chi connectivity index (χ2v) is 8.24. The van der Waals surface area contributed by atoms with Crippen LogP contribution in [-0.2, 0) is 17.9 Å². The Morgan fingerprint density at radius 1 is 1.23 bits per heavy atom. The van der Waals surface area contributed by atoms with E-state index in [9.17, 15) is 9.18 Å². The number of amides is 1. The molecule has 31 heavy (non-hydrogen) atoms. The molecule has 0 spiro atoms. The number of hydrogen-bond donors (Lipinski definition) is 1. The number of rotatable bonds is 9. The Morgan fingerprint density at radius 2 is 2.03 bits per heavy atom. The zero-order valence-electron chi connectivity index (χ0n) is 15.9. The fourth-order valence-corrected chi connectivity index (χ4v) is 3.76. The molecule has 0 fully saturated rings. The van der Waals surface area contributed by atoms with Crippen LogP contribution in [-0.4, -0.2) is 26.4 Å². The van der Waals surface area contributed by atoms with Crippen LogP contribution in [0.1, 0.15) is 5.82 Å². The second kappa shape index (κ2) is 10.9. The van der Waals surface area contributed by atoms with Crippen molar-refractivity contribution in [2.75, 3.05) is 11.1 Å². The monoisotopic (exact) mass is 500 g/mol. The number of carbonyl (C=O) groups is 1. The summed E-state index contributed by atoms with van der Waals surface area (Å²) in [6.45, 7) is 4.23. The van der Waals surface area contributed by atoms with Gasteiger partial charge in [0.2, 0.25) is 5.91 Å². The number of nitrogens with one attached hydrogen (secondary N) is 1. The lowest BCUT2D eigenvalue weighted by Gasteiger charge is -2.10. The van der Waals surface area contributed by atoms with Crippen molar-refractivity contribution in [2.45, 2.75) is 18.3 Å². The van der Waals surface area contributed by atoms with Crippen molar-refractivity contribution in [3.8, 4) is 5.75 Å². The molecule has 2 aromatic carbocycles. The molecular formula is C20H16Cl3FN4O2S. The molecule has 3 rings (SSSR count). The fraction of sp³-hybridized carbons (Fsp3) is 0.150. The van der Waals surface area contributed by atoms with Gasteiger partial charge in [0.15, 0.2) is 11.0 Å². The number of ether oxygens (including phenoxy) is 1. The normalized spacial score (nSPS) is 10.7. The zero-order chi connectivity index (χ0) is 22.4. The van der Waals surface area contributed by atoms with Crippen molar-refractivity contribution in [2.24, 2.45) is 0 Å². The van der Waals surface area contributed by atoms with E-state index in [4.69, 9.17) is 39.5 Å². The van der Waals surface area contributed by atoms with E-state index >= 15 is 0 Å². The predicted molar refractivity (Wildman–Crippen MR) is 122 cm³/mol. The lowest BCUT2D eigenvalue weighted by Crippen LogP contribution is -2.15. The van der Waals surface area contributed by atoms with E-state index in [-0.39, 0.29) is 28.3 Å². The molecule has 1 amide bonds. The van der Waals surface area contributed by atoms with Gasteiger partial charge in [0, 0.05) is 12.6 Å². The van der Waals surface area contributed by atoms with E-state index in [1.54, 1.807) is 28.8 Å². The first-order valence-corrected chi connectivity index (χ1v) is 11.0. The molecule has 6 nitrogen and oxygen atoms in total. The molecule has 0 bridgehead atoms. The molecule has 162 valence electrons. The van der Waals surface area contributed by atoms with Gasteiger partial charge in [-0.2, -0.15) is 0 Å². The SMILES string of the molecule is C=CCn1c(COc2ccc(F)c(Cl)c2)nnc1SCC(=O)Nc1cccc(Cl)c1Cl. The topological polar surface area (TPSA) is 69.0 Å². The Kier molecular flexibility index (Phi) is 8.20. The number of nitrogens with zero attached hydrogens (tertiary/aromatic N) is 3. The molecular weight excluding hydrogens is 486 g/mol. The van der Waals surface area contributed by atoms with Crippen LogP contribution in [0.3, 0.4) is 0 Å². The van der Waals surface area contributed by atoms with Crippen LogP contribution in [0.2, 0.25) is 15.1 Å². The van der Waals surface area contributed by atoms with Gasteiger partial charge >= 0.3 is 0 Å². The third-order valence-electron chi connectivity index (χ3n) is 3.92. The van der Waals surface area contributed by atoms with Crippen molar-refractivity contribution in [3.05, 3.63) is 75.8 Å². The number of halogens is 4. The summed E-state index contributed by atoms with van der Waals surface area (Å²) >= 11 is 19.0. The number of aromatic nitrogens is 3. The minimum Gasteiger partial charge on any atom is -0.486 e. The van der Waals surface area contributed by atoms with Crippen molar-refractivity contribution in [3.63, 3.8) is 0 Å². The molecule has 0 atom stereocenters. The smallest absolute Gasteiger partial charge is 0.234 e. The highest BCUT2D eigenvalue weighted by Gasteiger charge is 2.15. The Morgan fingerprint density at radius 3 is 2.77 bits per heavy atom. The molecule has 0 aliphatic carbocycles. The van der Waals surface area contributed by atoms with E-state index in [2.05, 4.69) is 22.1 Å². The highest BCUT2D eigenvalue weighted by atomic mass is 35.5. The summed E-state index contributed by atoms with van der Waals surface area (Å²) in [5, 5.41) is 12.1. The molecule has 0 saturated heterocycles. The van der Waals surface area contributed by atoms with Crippen LogP contribution in [0.25, 0.3) is 0 Å². The average molecular weight is 502 g/mol. The minimum atomic E-state index is -0.528. The van der Waals surface area contributed by atoms with Crippen LogP contribution in [0.5, 0.6) is 5.75 Å². The van der Waals surface area contributed by atoms with Crippen LogP contribution in [0.4, 0.5) is 10.1 Å². The third-order valence-corrected chi connectivity index (χ3v) is 6.00. The number of hydrogen-bond acceptors (Lipinski definition) is 5. The summed E-state index contributed by atoms with van der Waals surface area (Å²) in [5.74, 6) is 0.181. The van der Waals surface area contributed by atoms with Gasteiger partial charge in [0.25, 0.3) is 0 Å². The molecule has 0 aliphatic rings. The second-order valence-electron chi connectivity index (χ2n) is 6.10. The number of carbonyl (C=O) groups excluding carboxylic acids is 1.